The van der Waals surface area contributed by atoms with Crippen LogP contribution in [-0.2, 0) is 4.74 Å². The predicted molar refractivity (Wildman–Crippen MR) is 102 cm³/mol. The van der Waals surface area contributed by atoms with Crippen molar-refractivity contribution in [2.75, 3.05) is 32.8 Å². The average molecular weight is 353 g/mol. The molecule has 1 aromatic carbocycles. The molecule has 0 N–H and O–H groups in total. The van der Waals surface area contributed by atoms with Crippen LogP contribution in [-0.4, -0.2) is 65.2 Å². The summed E-state index contributed by atoms with van der Waals surface area (Å²) in [5.74, 6) is 0.157. The largest absolute Gasteiger partial charge is 0.379 e. The molecule has 5 nitrogen and oxygen atoms in total. The van der Waals surface area contributed by atoms with Gasteiger partial charge in [-0.3, -0.25) is 9.69 Å². The maximum atomic E-state index is 13.2. The molecule has 3 heterocycles. The molecule has 5 heteroatoms. The number of hydrogen-bond acceptors (Lipinski definition) is 3. The molecular formula is C21H27N3O2. The first kappa shape index (κ1) is 17.3. The highest BCUT2D eigenvalue weighted by Gasteiger charge is 2.38. The molecule has 2 aromatic rings. The van der Waals surface area contributed by atoms with Gasteiger partial charge in [0.2, 0.25) is 0 Å². The molecule has 0 unspecified atom stereocenters. The van der Waals surface area contributed by atoms with Crippen molar-refractivity contribution in [1.82, 2.24) is 14.4 Å². The van der Waals surface area contributed by atoms with Gasteiger partial charge in [-0.15, -0.1) is 0 Å². The Hall–Kier alpha value is -2.11. The molecule has 2 aliphatic rings. The first-order valence-corrected chi connectivity index (χ1v) is 9.52. The molecule has 1 amide bonds. The van der Waals surface area contributed by atoms with E-state index >= 15 is 0 Å². The standard InChI is InChI=1S/C21H27N3O2/c1-16-15-18(22-8-3-4-9-22)5-6-19(16)21(25)24-10-7-20(17(24)2)23-11-13-26-14-12-23/h3-6,8-9,15,17,20H,7,10-14H2,1-2H3/t17-,20-/m1/s1. The lowest BCUT2D eigenvalue weighted by Gasteiger charge is -2.35. The van der Waals surface area contributed by atoms with Crippen LogP contribution in [0.25, 0.3) is 5.69 Å². The first-order valence-electron chi connectivity index (χ1n) is 9.52. The van der Waals surface area contributed by atoms with E-state index in [0.717, 1.165) is 56.1 Å². The number of aryl methyl sites for hydroxylation is 1. The van der Waals surface area contributed by atoms with Crippen LogP contribution in [0.2, 0.25) is 0 Å². The number of carbonyl (C=O) groups is 1. The van der Waals surface area contributed by atoms with E-state index in [4.69, 9.17) is 4.74 Å². The van der Waals surface area contributed by atoms with Crippen molar-refractivity contribution >= 4 is 5.91 Å². The minimum atomic E-state index is 0.157. The Morgan fingerprint density at radius 1 is 1.12 bits per heavy atom. The summed E-state index contributed by atoms with van der Waals surface area (Å²) in [6.45, 7) is 8.60. The highest BCUT2D eigenvalue weighted by Crippen LogP contribution is 2.27. The second-order valence-electron chi connectivity index (χ2n) is 7.33. The molecule has 0 bridgehead atoms. The lowest BCUT2D eigenvalue weighted by atomic mass is 10.0. The van der Waals surface area contributed by atoms with Crippen LogP contribution in [0, 0.1) is 6.92 Å². The lowest BCUT2D eigenvalue weighted by molar-refractivity contribution is 0.0104. The average Bonchev–Trinajstić information content (AvgIpc) is 3.32. The topological polar surface area (TPSA) is 37.7 Å². The van der Waals surface area contributed by atoms with Crippen LogP contribution in [0.4, 0.5) is 0 Å². The van der Waals surface area contributed by atoms with Crippen molar-refractivity contribution in [1.29, 1.82) is 0 Å². The molecule has 2 saturated heterocycles. The molecule has 4 rings (SSSR count). The molecule has 2 atom stereocenters. The second kappa shape index (κ2) is 7.25. The molecule has 2 aliphatic heterocycles. The van der Waals surface area contributed by atoms with Gasteiger partial charge in [-0.25, -0.2) is 0 Å². The number of likely N-dealkylation sites (tertiary alicyclic amines) is 1. The van der Waals surface area contributed by atoms with Crippen molar-refractivity contribution in [2.45, 2.75) is 32.4 Å². The number of amides is 1. The third kappa shape index (κ3) is 3.17. The van der Waals surface area contributed by atoms with Crippen molar-refractivity contribution in [2.24, 2.45) is 0 Å². The van der Waals surface area contributed by atoms with Gasteiger partial charge in [0.15, 0.2) is 0 Å². The van der Waals surface area contributed by atoms with Crippen LogP contribution in [0.3, 0.4) is 0 Å². The number of hydrogen-bond donors (Lipinski definition) is 0. The quantitative estimate of drug-likeness (QED) is 0.851. The Bertz CT molecular complexity index is 766. The van der Waals surface area contributed by atoms with Gasteiger partial charge in [-0.1, -0.05) is 0 Å². The molecule has 0 spiro atoms. The van der Waals surface area contributed by atoms with Crippen LogP contribution < -0.4 is 0 Å². The molecule has 0 saturated carbocycles. The summed E-state index contributed by atoms with van der Waals surface area (Å²) in [5.41, 5.74) is 2.93. The van der Waals surface area contributed by atoms with E-state index in [-0.39, 0.29) is 11.9 Å². The Labute approximate surface area is 155 Å². The van der Waals surface area contributed by atoms with Gasteiger partial charge >= 0.3 is 0 Å². The molecule has 138 valence electrons. The molecular weight excluding hydrogens is 326 g/mol. The minimum Gasteiger partial charge on any atom is -0.379 e. The van der Waals surface area contributed by atoms with Gasteiger partial charge in [0.05, 0.1) is 13.2 Å². The molecule has 2 fully saturated rings. The zero-order valence-corrected chi connectivity index (χ0v) is 15.6. The number of benzene rings is 1. The predicted octanol–water partition coefficient (Wildman–Crippen LogP) is 2.72. The van der Waals surface area contributed by atoms with Crippen LogP contribution in [0.5, 0.6) is 0 Å². The van der Waals surface area contributed by atoms with Gasteiger partial charge in [0.25, 0.3) is 5.91 Å². The van der Waals surface area contributed by atoms with Gasteiger partial charge in [-0.05, 0) is 56.2 Å². The van der Waals surface area contributed by atoms with E-state index in [1.807, 2.05) is 43.6 Å². The fourth-order valence-electron chi connectivity index (χ4n) is 4.32. The molecule has 1 aromatic heterocycles. The summed E-state index contributed by atoms with van der Waals surface area (Å²) in [6.07, 6.45) is 5.09. The highest BCUT2D eigenvalue weighted by atomic mass is 16.5. The summed E-state index contributed by atoms with van der Waals surface area (Å²) in [5, 5.41) is 0. The zero-order valence-electron chi connectivity index (χ0n) is 15.6. The van der Waals surface area contributed by atoms with E-state index in [1.165, 1.54) is 0 Å². The SMILES string of the molecule is Cc1cc(-n2cccc2)ccc1C(=O)N1CC[C@@H](N2CCOCC2)[C@H]1C. The second-order valence-corrected chi connectivity index (χ2v) is 7.33. The fraction of sp³-hybridized carbons (Fsp3) is 0.476. The van der Waals surface area contributed by atoms with Crippen molar-refractivity contribution < 1.29 is 9.53 Å². The van der Waals surface area contributed by atoms with E-state index in [0.29, 0.717) is 6.04 Å². The van der Waals surface area contributed by atoms with E-state index in [2.05, 4.69) is 27.4 Å². The number of morpholine rings is 1. The Morgan fingerprint density at radius 2 is 1.85 bits per heavy atom. The Kier molecular flexibility index (Phi) is 4.83. The van der Waals surface area contributed by atoms with Crippen LogP contribution >= 0.6 is 0 Å². The summed E-state index contributed by atoms with van der Waals surface area (Å²) in [4.78, 5) is 17.7. The summed E-state index contributed by atoms with van der Waals surface area (Å²) in [7, 11) is 0. The third-order valence-electron chi connectivity index (χ3n) is 5.83. The minimum absolute atomic E-state index is 0.157. The number of rotatable bonds is 3. The first-order chi connectivity index (χ1) is 12.6. The van der Waals surface area contributed by atoms with E-state index in [1.54, 1.807) is 0 Å². The maximum absolute atomic E-state index is 13.2. The summed E-state index contributed by atoms with van der Waals surface area (Å²) in [6, 6.07) is 10.8. The zero-order chi connectivity index (χ0) is 18.1. The smallest absolute Gasteiger partial charge is 0.254 e. The Balaban J connectivity index is 1.50. The lowest BCUT2D eigenvalue weighted by Crippen LogP contribution is -2.49. The third-order valence-corrected chi connectivity index (χ3v) is 5.83. The number of nitrogens with zero attached hydrogens (tertiary/aromatic N) is 3. The summed E-state index contributed by atoms with van der Waals surface area (Å²) < 4.78 is 7.54. The Morgan fingerprint density at radius 3 is 2.54 bits per heavy atom. The van der Waals surface area contributed by atoms with Gasteiger partial charge in [0, 0.05) is 55.4 Å². The molecule has 0 radical (unpaired) electrons. The summed E-state index contributed by atoms with van der Waals surface area (Å²) >= 11 is 0. The van der Waals surface area contributed by atoms with Gasteiger partial charge in [-0.2, -0.15) is 0 Å². The molecule has 0 aliphatic carbocycles. The van der Waals surface area contributed by atoms with Crippen LogP contribution in [0.15, 0.2) is 42.7 Å². The van der Waals surface area contributed by atoms with Crippen LogP contribution in [0.1, 0.15) is 29.3 Å². The maximum Gasteiger partial charge on any atom is 0.254 e. The monoisotopic (exact) mass is 353 g/mol. The van der Waals surface area contributed by atoms with Gasteiger partial charge < -0.3 is 14.2 Å². The van der Waals surface area contributed by atoms with Crippen molar-refractivity contribution in [3.8, 4) is 5.69 Å². The number of ether oxygens (including phenoxy) is 1. The van der Waals surface area contributed by atoms with Crippen molar-refractivity contribution in [3.63, 3.8) is 0 Å². The fourth-order valence-corrected chi connectivity index (χ4v) is 4.32. The number of carbonyl (C=O) groups excluding carboxylic acids is 1. The van der Waals surface area contributed by atoms with Gasteiger partial charge in [0.1, 0.15) is 0 Å². The number of aromatic nitrogens is 1. The van der Waals surface area contributed by atoms with E-state index in [9.17, 15) is 4.79 Å². The highest BCUT2D eigenvalue weighted by molar-refractivity contribution is 5.96. The van der Waals surface area contributed by atoms with E-state index < -0.39 is 0 Å². The normalized spacial score (nSPS) is 24.2. The molecule has 26 heavy (non-hydrogen) atoms. The van der Waals surface area contributed by atoms with Crippen molar-refractivity contribution in [3.05, 3.63) is 53.9 Å².